The van der Waals surface area contributed by atoms with Crippen molar-refractivity contribution in [3.63, 3.8) is 0 Å². The van der Waals surface area contributed by atoms with Crippen molar-refractivity contribution in [2.24, 2.45) is 0 Å². The van der Waals surface area contributed by atoms with Crippen LogP contribution in [0.15, 0.2) is 24.3 Å². The van der Waals surface area contributed by atoms with Crippen molar-refractivity contribution >= 4 is 5.91 Å². The van der Waals surface area contributed by atoms with E-state index in [4.69, 9.17) is 5.26 Å². The van der Waals surface area contributed by atoms with Crippen molar-refractivity contribution in [1.29, 1.82) is 5.26 Å². The monoisotopic (exact) mass is 174 g/mol. The molecule has 3 nitrogen and oxygen atoms in total. The zero-order chi connectivity index (χ0) is 9.68. The first-order valence-corrected chi connectivity index (χ1v) is 3.96. The topological polar surface area (TPSA) is 52.9 Å². The Hall–Kier alpha value is -1.82. The van der Waals surface area contributed by atoms with E-state index in [1.165, 1.54) is 6.07 Å². The number of hydrogen-bond donors (Lipinski definition) is 1. The van der Waals surface area contributed by atoms with Gasteiger partial charge in [0.2, 0.25) is 0 Å². The second-order valence-electron chi connectivity index (χ2n) is 2.72. The van der Waals surface area contributed by atoms with Gasteiger partial charge in [-0.2, -0.15) is 5.26 Å². The smallest absolute Gasteiger partial charge is 0.322 e. The summed E-state index contributed by atoms with van der Waals surface area (Å²) in [5, 5.41) is 10.7. The molecule has 0 radical (unpaired) electrons. The molecule has 1 aromatic carbocycles. The van der Waals surface area contributed by atoms with Crippen LogP contribution in [0.4, 0.5) is 0 Å². The van der Waals surface area contributed by atoms with Gasteiger partial charge in [0.25, 0.3) is 0 Å². The first-order chi connectivity index (χ1) is 6.24. The van der Waals surface area contributed by atoms with Gasteiger partial charge in [-0.1, -0.05) is 24.3 Å². The van der Waals surface area contributed by atoms with E-state index in [-0.39, 0.29) is 0 Å². The molecular weight excluding hydrogens is 164 g/mol. The van der Waals surface area contributed by atoms with Gasteiger partial charge in [0, 0.05) is 6.54 Å². The largest absolute Gasteiger partial charge is 0.339 e. The first-order valence-electron chi connectivity index (χ1n) is 3.96. The Labute approximate surface area is 77.0 Å². The van der Waals surface area contributed by atoms with E-state index in [1.807, 2.05) is 31.2 Å². The predicted octanol–water partition coefficient (Wildman–Crippen LogP) is 1.13. The molecular formula is C10H10N2O. The maximum atomic E-state index is 10.6. The third-order valence-corrected chi connectivity index (χ3v) is 1.80. The Kier molecular flexibility index (Phi) is 3.04. The highest BCUT2D eigenvalue weighted by molar-refractivity contribution is 5.91. The number of carbonyl (C=O) groups excluding carboxylic acids is 1. The number of benzene rings is 1. The van der Waals surface area contributed by atoms with Gasteiger partial charge in [-0.15, -0.1) is 0 Å². The molecule has 0 saturated carbocycles. The normalized spacial score (nSPS) is 8.92. The molecule has 0 unspecified atom stereocenters. The molecule has 0 fully saturated rings. The van der Waals surface area contributed by atoms with Crippen molar-refractivity contribution < 1.29 is 4.79 Å². The van der Waals surface area contributed by atoms with Gasteiger partial charge in [-0.05, 0) is 18.1 Å². The summed E-state index contributed by atoms with van der Waals surface area (Å²) >= 11 is 0. The van der Waals surface area contributed by atoms with Crippen LogP contribution in [0.2, 0.25) is 0 Å². The molecule has 66 valence electrons. The van der Waals surface area contributed by atoms with Crippen LogP contribution in [0.1, 0.15) is 11.1 Å². The second kappa shape index (κ2) is 4.27. The summed E-state index contributed by atoms with van der Waals surface area (Å²) in [7, 11) is 0. The van der Waals surface area contributed by atoms with Crippen LogP contribution in [0.25, 0.3) is 0 Å². The van der Waals surface area contributed by atoms with Gasteiger partial charge in [-0.25, -0.2) is 0 Å². The average molecular weight is 174 g/mol. The van der Waals surface area contributed by atoms with Crippen LogP contribution in [0.3, 0.4) is 0 Å². The van der Waals surface area contributed by atoms with Gasteiger partial charge in [-0.3, -0.25) is 4.79 Å². The quantitative estimate of drug-likeness (QED) is 0.683. The highest BCUT2D eigenvalue weighted by Crippen LogP contribution is 2.05. The molecule has 0 aromatic heterocycles. The highest BCUT2D eigenvalue weighted by atomic mass is 16.1. The van der Waals surface area contributed by atoms with Crippen LogP contribution >= 0.6 is 0 Å². The van der Waals surface area contributed by atoms with Gasteiger partial charge in [0.05, 0.1) is 0 Å². The van der Waals surface area contributed by atoms with Gasteiger partial charge >= 0.3 is 5.91 Å². The molecule has 0 aliphatic heterocycles. The molecule has 0 saturated heterocycles. The summed E-state index contributed by atoms with van der Waals surface area (Å²) in [6.07, 6.45) is 0. The summed E-state index contributed by atoms with van der Waals surface area (Å²) < 4.78 is 0. The maximum absolute atomic E-state index is 10.6. The van der Waals surface area contributed by atoms with Crippen molar-refractivity contribution in [3.8, 4) is 6.07 Å². The highest BCUT2D eigenvalue weighted by Gasteiger charge is 1.99. The third-order valence-electron chi connectivity index (χ3n) is 1.80. The van der Waals surface area contributed by atoms with Gasteiger partial charge in [0.1, 0.15) is 0 Å². The molecule has 1 rings (SSSR count). The Morgan fingerprint density at radius 1 is 1.54 bits per heavy atom. The summed E-state index contributed by atoms with van der Waals surface area (Å²) in [5.74, 6) is -0.594. The van der Waals surface area contributed by atoms with E-state index in [0.717, 1.165) is 11.1 Å². The molecule has 1 amide bonds. The van der Waals surface area contributed by atoms with Crippen LogP contribution in [0, 0.1) is 18.3 Å². The maximum Gasteiger partial charge on any atom is 0.322 e. The second-order valence-corrected chi connectivity index (χ2v) is 2.72. The third kappa shape index (κ3) is 2.60. The molecule has 0 aliphatic rings. The number of aryl methyl sites for hydroxylation is 1. The molecule has 3 heteroatoms. The number of nitrogens with one attached hydrogen (secondary N) is 1. The van der Waals surface area contributed by atoms with E-state index in [2.05, 4.69) is 5.32 Å². The van der Waals surface area contributed by atoms with Crippen molar-refractivity contribution in [2.75, 3.05) is 0 Å². The molecule has 13 heavy (non-hydrogen) atoms. The Bertz CT molecular complexity index is 352. The minimum Gasteiger partial charge on any atom is -0.339 e. The van der Waals surface area contributed by atoms with Crippen molar-refractivity contribution in [3.05, 3.63) is 35.4 Å². The van der Waals surface area contributed by atoms with Crippen molar-refractivity contribution in [1.82, 2.24) is 5.32 Å². The van der Waals surface area contributed by atoms with Crippen LogP contribution in [-0.2, 0) is 11.3 Å². The fraction of sp³-hybridized carbons (Fsp3) is 0.200. The van der Waals surface area contributed by atoms with Gasteiger partial charge in [0.15, 0.2) is 6.07 Å². The zero-order valence-corrected chi connectivity index (χ0v) is 7.37. The fourth-order valence-corrected chi connectivity index (χ4v) is 1.02. The number of amides is 1. The zero-order valence-electron chi connectivity index (χ0n) is 7.37. The number of hydrogen-bond acceptors (Lipinski definition) is 2. The Morgan fingerprint density at radius 3 is 2.85 bits per heavy atom. The van der Waals surface area contributed by atoms with Crippen molar-refractivity contribution in [2.45, 2.75) is 13.5 Å². The number of nitrogens with zero attached hydrogens (tertiary/aromatic N) is 1. The summed E-state index contributed by atoms with van der Waals surface area (Å²) in [4.78, 5) is 10.6. The minimum absolute atomic E-state index is 0.416. The SMILES string of the molecule is Cc1ccccc1CNC(=O)C#N. The van der Waals surface area contributed by atoms with E-state index in [0.29, 0.717) is 6.54 Å². The average Bonchev–Trinajstić information content (AvgIpc) is 2.16. The summed E-state index contributed by atoms with van der Waals surface area (Å²) in [6.45, 7) is 2.38. The summed E-state index contributed by atoms with van der Waals surface area (Å²) in [6, 6.07) is 9.23. The molecule has 1 aromatic rings. The number of carbonyl (C=O) groups is 1. The Morgan fingerprint density at radius 2 is 2.23 bits per heavy atom. The number of nitriles is 1. The van der Waals surface area contributed by atoms with E-state index in [9.17, 15) is 4.79 Å². The molecule has 0 bridgehead atoms. The Balaban J connectivity index is 2.61. The lowest BCUT2D eigenvalue weighted by Crippen LogP contribution is -2.20. The number of rotatable bonds is 2. The fourth-order valence-electron chi connectivity index (χ4n) is 1.02. The van der Waals surface area contributed by atoms with E-state index >= 15 is 0 Å². The van der Waals surface area contributed by atoms with E-state index < -0.39 is 5.91 Å². The van der Waals surface area contributed by atoms with E-state index in [1.54, 1.807) is 0 Å². The van der Waals surface area contributed by atoms with Crippen LogP contribution < -0.4 is 5.32 Å². The minimum atomic E-state index is -0.594. The molecule has 0 heterocycles. The lowest BCUT2D eigenvalue weighted by atomic mass is 10.1. The van der Waals surface area contributed by atoms with Gasteiger partial charge < -0.3 is 5.32 Å². The lowest BCUT2D eigenvalue weighted by Gasteiger charge is -2.03. The van der Waals surface area contributed by atoms with Crippen LogP contribution in [-0.4, -0.2) is 5.91 Å². The molecule has 0 atom stereocenters. The first kappa shape index (κ1) is 9.27. The molecule has 1 N–H and O–H groups in total. The molecule has 0 aliphatic carbocycles. The molecule has 0 spiro atoms. The van der Waals surface area contributed by atoms with Crippen LogP contribution in [0.5, 0.6) is 0 Å². The predicted molar refractivity (Wildman–Crippen MR) is 48.6 cm³/mol. The lowest BCUT2D eigenvalue weighted by molar-refractivity contribution is -0.116. The standard InChI is InChI=1S/C10H10N2O/c1-8-4-2-3-5-9(8)7-12-10(13)6-11/h2-5H,7H2,1H3,(H,12,13). The summed E-state index contributed by atoms with van der Waals surface area (Å²) in [5.41, 5.74) is 2.15.